The van der Waals surface area contributed by atoms with Crippen molar-refractivity contribution in [2.45, 2.75) is 19.4 Å². The molecule has 3 N–H and O–H groups in total. The Balaban J connectivity index is 1.72. The molecule has 0 aromatic carbocycles. The molecule has 1 aromatic rings. The van der Waals surface area contributed by atoms with E-state index in [0.717, 1.165) is 12.8 Å². The van der Waals surface area contributed by atoms with E-state index in [0.29, 0.717) is 19.6 Å². The van der Waals surface area contributed by atoms with Crippen LogP contribution in [0.15, 0.2) is 18.5 Å². The number of hydrogen-bond acceptors (Lipinski definition) is 3. The van der Waals surface area contributed by atoms with Gasteiger partial charge in [-0.3, -0.25) is 9.48 Å². The minimum absolute atomic E-state index is 0.0946. The molecule has 0 atom stereocenters. The number of nitrogens with one attached hydrogen (secondary N) is 1. The molecule has 2 rings (SSSR count). The zero-order valence-corrected chi connectivity index (χ0v) is 8.65. The third-order valence-electron chi connectivity index (χ3n) is 2.91. The highest BCUT2D eigenvalue weighted by atomic mass is 16.2. The molecule has 0 saturated heterocycles. The van der Waals surface area contributed by atoms with E-state index in [2.05, 4.69) is 10.4 Å². The first kappa shape index (κ1) is 10.2. The maximum absolute atomic E-state index is 11.7. The second-order valence-electron chi connectivity index (χ2n) is 4.01. The second-order valence-corrected chi connectivity index (χ2v) is 4.01. The van der Waals surface area contributed by atoms with Crippen LogP contribution in [0, 0.1) is 5.41 Å². The predicted molar refractivity (Wildman–Crippen MR) is 56.0 cm³/mol. The number of nitrogens with two attached hydrogens (primary N) is 1. The predicted octanol–water partition coefficient (Wildman–Crippen LogP) is -0.262. The Morgan fingerprint density at radius 3 is 2.93 bits per heavy atom. The summed E-state index contributed by atoms with van der Waals surface area (Å²) < 4.78 is 1.79. The Morgan fingerprint density at radius 2 is 2.40 bits per heavy atom. The Bertz CT molecular complexity index is 329. The third kappa shape index (κ3) is 2.18. The van der Waals surface area contributed by atoms with E-state index < -0.39 is 0 Å². The molecule has 1 saturated carbocycles. The molecule has 0 radical (unpaired) electrons. The first-order chi connectivity index (χ1) is 7.27. The smallest absolute Gasteiger partial charge is 0.227 e. The monoisotopic (exact) mass is 208 g/mol. The van der Waals surface area contributed by atoms with E-state index in [9.17, 15) is 4.79 Å². The van der Waals surface area contributed by atoms with E-state index in [1.807, 2.05) is 12.3 Å². The summed E-state index contributed by atoms with van der Waals surface area (Å²) in [6.45, 7) is 1.78. The molecule has 1 aliphatic carbocycles. The fourth-order valence-corrected chi connectivity index (χ4v) is 1.58. The van der Waals surface area contributed by atoms with Crippen LogP contribution in [0.1, 0.15) is 12.8 Å². The first-order valence-corrected chi connectivity index (χ1v) is 5.23. The second kappa shape index (κ2) is 4.02. The molecule has 1 aliphatic rings. The number of nitrogens with zero attached hydrogens (tertiary/aromatic N) is 2. The number of carbonyl (C=O) groups excluding carboxylic acids is 1. The quantitative estimate of drug-likeness (QED) is 0.700. The molecule has 1 heterocycles. The van der Waals surface area contributed by atoms with Gasteiger partial charge in [0.1, 0.15) is 0 Å². The van der Waals surface area contributed by atoms with Gasteiger partial charge in [0.15, 0.2) is 0 Å². The molecular formula is C10H16N4O. The molecule has 0 aliphatic heterocycles. The summed E-state index contributed by atoms with van der Waals surface area (Å²) in [7, 11) is 0. The lowest BCUT2D eigenvalue weighted by atomic mass is 10.1. The Morgan fingerprint density at radius 1 is 1.60 bits per heavy atom. The summed E-state index contributed by atoms with van der Waals surface area (Å²) in [6.07, 6.45) is 5.46. The van der Waals surface area contributed by atoms with Crippen LogP contribution in [-0.4, -0.2) is 28.8 Å². The van der Waals surface area contributed by atoms with Gasteiger partial charge in [-0.15, -0.1) is 0 Å². The van der Waals surface area contributed by atoms with E-state index in [1.54, 1.807) is 10.9 Å². The summed E-state index contributed by atoms with van der Waals surface area (Å²) >= 11 is 0. The summed E-state index contributed by atoms with van der Waals surface area (Å²) in [5.74, 6) is 0.0946. The summed E-state index contributed by atoms with van der Waals surface area (Å²) in [5.41, 5.74) is 5.31. The van der Waals surface area contributed by atoms with E-state index >= 15 is 0 Å². The number of carbonyl (C=O) groups is 1. The largest absolute Gasteiger partial charge is 0.354 e. The van der Waals surface area contributed by atoms with Crippen LogP contribution >= 0.6 is 0 Å². The normalized spacial score (nSPS) is 17.4. The molecular weight excluding hydrogens is 192 g/mol. The van der Waals surface area contributed by atoms with Gasteiger partial charge in [0.05, 0.1) is 12.0 Å². The van der Waals surface area contributed by atoms with Crippen molar-refractivity contribution in [2.75, 3.05) is 13.1 Å². The van der Waals surface area contributed by atoms with Crippen LogP contribution in [0.25, 0.3) is 0 Å². The molecule has 0 bridgehead atoms. The number of amides is 1. The first-order valence-electron chi connectivity index (χ1n) is 5.23. The highest BCUT2D eigenvalue weighted by Gasteiger charge is 2.48. The highest BCUT2D eigenvalue weighted by molar-refractivity contribution is 5.85. The van der Waals surface area contributed by atoms with Crippen LogP contribution in [-0.2, 0) is 11.3 Å². The maximum Gasteiger partial charge on any atom is 0.227 e. The van der Waals surface area contributed by atoms with E-state index in [-0.39, 0.29) is 11.3 Å². The molecule has 0 spiro atoms. The van der Waals surface area contributed by atoms with Crippen LogP contribution < -0.4 is 11.1 Å². The van der Waals surface area contributed by atoms with Crippen LogP contribution in [0.4, 0.5) is 0 Å². The van der Waals surface area contributed by atoms with Gasteiger partial charge in [-0.2, -0.15) is 5.10 Å². The van der Waals surface area contributed by atoms with Crippen molar-refractivity contribution in [1.82, 2.24) is 15.1 Å². The van der Waals surface area contributed by atoms with Crippen molar-refractivity contribution in [3.8, 4) is 0 Å². The van der Waals surface area contributed by atoms with Gasteiger partial charge in [0.25, 0.3) is 0 Å². The van der Waals surface area contributed by atoms with Crippen LogP contribution in [0.2, 0.25) is 0 Å². The molecule has 1 amide bonds. The highest BCUT2D eigenvalue weighted by Crippen LogP contribution is 2.44. The fourth-order valence-electron chi connectivity index (χ4n) is 1.58. The Labute approximate surface area is 88.6 Å². The lowest BCUT2D eigenvalue weighted by Gasteiger charge is -2.12. The summed E-state index contributed by atoms with van der Waals surface area (Å²) in [6, 6.07) is 1.87. The van der Waals surface area contributed by atoms with Crippen molar-refractivity contribution < 1.29 is 4.79 Å². The topological polar surface area (TPSA) is 72.9 Å². The fraction of sp³-hybridized carbons (Fsp3) is 0.600. The molecule has 15 heavy (non-hydrogen) atoms. The zero-order chi connectivity index (χ0) is 10.7. The summed E-state index contributed by atoms with van der Waals surface area (Å²) in [5, 5.41) is 6.95. The van der Waals surface area contributed by atoms with Gasteiger partial charge in [0, 0.05) is 25.5 Å². The van der Waals surface area contributed by atoms with Gasteiger partial charge in [-0.1, -0.05) is 0 Å². The number of aromatic nitrogens is 2. The molecule has 5 heteroatoms. The van der Waals surface area contributed by atoms with Crippen molar-refractivity contribution >= 4 is 5.91 Å². The molecule has 82 valence electrons. The van der Waals surface area contributed by atoms with Crippen molar-refractivity contribution in [1.29, 1.82) is 0 Å². The zero-order valence-electron chi connectivity index (χ0n) is 8.65. The van der Waals surface area contributed by atoms with Crippen molar-refractivity contribution in [2.24, 2.45) is 11.1 Å². The average Bonchev–Trinajstić information content (AvgIpc) is 2.90. The molecule has 1 fully saturated rings. The van der Waals surface area contributed by atoms with E-state index in [1.165, 1.54) is 0 Å². The Kier molecular flexibility index (Phi) is 2.73. The molecule has 1 aromatic heterocycles. The van der Waals surface area contributed by atoms with Gasteiger partial charge >= 0.3 is 0 Å². The van der Waals surface area contributed by atoms with Crippen LogP contribution in [0.3, 0.4) is 0 Å². The van der Waals surface area contributed by atoms with Crippen molar-refractivity contribution in [3.05, 3.63) is 18.5 Å². The number of rotatable bonds is 5. The maximum atomic E-state index is 11.7. The summed E-state index contributed by atoms with van der Waals surface area (Å²) in [4.78, 5) is 11.7. The van der Waals surface area contributed by atoms with Crippen LogP contribution in [0.5, 0.6) is 0 Å². The minimum Gasteiger partial charge on any atom is -0.354 e. The van der Waals surface area contributed by atoms with Crippen molar-refractivity contribution in [3.63, 3.8) is 0 Å². The minimum atomic E-state index is -0.246. The van der Waals surface area contributed by atoms with Gasteiger partial charge in [0.2, 0.25) is 5.91 Å². The average molecular weight is 208 g/mol. The Hall–Kier alpha value is -1.36. The lowest BCUT2D eigenvalue weighted by molar-refractivity contribution is -0.126. The molecule has 5 nitrogen and oxygen atoms in total. The molecule has 0 unspecified atom stereocenters. The standard InChI is InChI=1S/C10H16N4O/c11-8-10(2-3-10)9(15)12-5-7-14-6-1-4-13-14/h1,4,6H,2-3,5,7-8,11H2,(H,12,15). The SMILES string of the molecule is NCC1(C(=O)NCCn2cccn2)CC1. The van der Waals surface area contributed by atoms with E-state index in [4.69, 9.17) is 5.73 Å². The van der Waals surface area contributed by atoms with Gasteiger partial charge in [-0.05, 0) is 18.9 Å². The van der Waals surface area contributed by atoms with Gasteiger partial charge in [-0.25, -0.2) is 0 Å². The number of hydrogen-bond donors (Lipinski definition) is 2. The van der Waals surface area contributed by atoms with Gasteiger partial charge < -0.3 is 11.1 Å². The third-order valence-corrected chi connectivity index (χ3v) is 2.91. The lowest BCUT2D eigenvalue weighted by Crippen LogP contribution is -2.38.